The average molecular weight is 512 g/mol. The van der Waals surface area contributed by atoms with Crippen molar-refractivity contribution in [3.05, 3.63) is 102 Å². The zero-order chi connectivity index (χ0) is 26.3. The predicted molar refractivity (Wildman–Crippen MR) is 145 cm³/mol. The van der Waals surface area contributed by atoms with E-state index < -0.39 is 0 Å². The molecule has 0 saturated heterocycles. The molecule has 2 heterocycles. The normalized spacial score (nSPS) is 10.9. The van der Waals surface area contributed by atoms with Crippen LogP contribution in [0.3, 0.4) is 0 Å². The fraction of sp³-hybridized carbons (Fsp3) is 0.200. The molecule has 0 spiro atoms. The topological polar surface area (TPSA) is 87.8 Å². The molecule has 0 fully saturated rings. The van der Waals surface area contributed by atoms with Gasteiger partial charge in [-0.05, 0) is 55.1 Å². The molecule has 2 aromatic heterocycles. The highest BCUT2D eigenvalue weighted by atomic mass is 16.5. The third-order valence-corrected chi connectivity index (χ3v) is 5.85. The lowest BCUT2D eigenvalue weighted by Crippen LogP contribution is -2.10. The lowest BCUT2D eigenvalue weighted by atomic mass is 10.1. The van der Waals surface area contributed by atoms with E-state index in [0.717, 1.165) is 22.1 Å². The standard InChI is InChI=1S/C30H29N3O5/c1-3-35-27-14-12-21(16-29(27)36-4-2)18-33-19-23(17-31-33)32-30(34)28-15-13-24(38-28)20-37-26-11-7-9-22-8-5-6-10-25(22)26/h5-17,19H,3-4,18,20H2,1-2H3,(H,32,34). The summed E-state index contributed by atoms with van der Waals surface area (Å²) in [7, 11) is 0. The minimum Gasteiger partial charge on any atom is -0.490 e. The summed E-state index contributed by atoms with van der Waals surface area (Å²) in [4.78, 5) is 12.7. The number of nitrogens with one attached hydrogen (secondary N) is 1. The zero-order valence-corrected chi connectivity index (χ0v) is 21.3. The highest BCUT2D eigenvalue weighted by Gasteiger charge is 2.14. The van der Waals surface area contributed by atoms with E-state index >= 15 is 0 Å². The van der Waals surface area contributed by atoms with Gasteiger partial charge < -0.3 is 23.9 Å². The Hall–Kier alpha value is -4.72. The lowest BCUT2D eigenvalue weighted by molar-refractivity contribution is 0.0992. The van der Waals surface area contributed by atoms with Crippen LogP contribution in [0.2, 0.25) is 0 Å². The Kier molecular flexibility index (Phi) is 7.59. The van der Waals surface area contributed by atoms with Gasteiger partial charge in [0.2, 0.25) is 0 Å². The number of anilines is 1. The first-order valence-corrected chi connectivity index (χ1v) is 12.5. The lowest BCUT2D eigenvalue weighted by Gasteiger charge is -2.12. The predicted octanol–water partition coefficient (Wildman–Crippen LogP) is 6.31. The molecular weight excluding hydrogens is 482 g/mol. The van der Waals surface area contributed by atoms with Crippen LogP contribution in [0.25, 0.3) is 10.8 Å². The van der Waals surface area contributed by atoms with Gasteiger partial charge in [-0.1, -0.05) is 42.5 Å². The number of ether oxygens (including phenoxy) is 3. The molecule has 1 amide bonds. The van der Waals surface area contributed by atoms with E-state index in [1.165, 1.54) is 0 Å². The summed E-state index contributed by atoms with van der Waals surface area (Å²) in [6, 6.07) is 23.1. The highest BCUT2D eigenvalue weighted by Crippen LogP contribution is 2.29. The number of amides is 1. The van der Waals surface area contributed by atoms with Gasteiger partial charge in [-0.25, -0.2) is 0 Å². The van der Waals surface area contributed by atoms with Crippen LogP contribution in [0, 0.1) is 0 Å². The number of benzene rings is 3. The van der Waals surface area contributed by atoms with E-state index in [0.29, 0.717) is 42.7 Å². The summed E-state index contributed by atoms with van der Waals surface area (Å²) in [6.07, 6.45) is 3.37. The van der Waals surface area contributed by atoms with E-state index in [1.54, 1.807) is 29.2 Å². The number of aromatic nitrogens is 2. The van der Waals surface area contributed by atoms with E-state index in [-0.39, 0.29) is 18.3 Å². The van der Waals surface area contributed by atoms with Crippen molar-refractivity contribution in [1.29, 1.82) is 0 Å². The summed E-state index contributed by atoms with van der Waals surface area (Å²) < 4.78 is 24.8. The third-order valence-electron chi connectivity index (χ3n) is 5.85. The van der Waals surface area contributed by atoms with Gasteiger partial charge in [0.15, 0.2) is 17.3 Å². The Morgan fingerprint density at radius 1 is 0.895 bits per heavy atom. The summed E-state index contributed by atoms with van der Waals surface area (Å²) in [6.45, 7) is 5.71. The van der Waals surface area contributed by atoms with Gasteiger partial charge in [0.05, 0.1) is 31.6 Å². The van der Waals surface area contributed by atoms with Crippen LogP contribution in [0.5, 0.6) is 17.2 Å². The molecule has 3 aromatic carbocycles. The maximum absolute atomic E-state index is 12.7. The SMILES string of the molecule is CCOc1ccc(Cn2cc(NC(=O)c3ccc(COc4cccc5ccccc45)o3)cn2)cc1OCC. The fourth-order valence-corrected chi connectivity index (χ4v) is 4.14. The zero-order valence-electron chi connectivity index (χ0n) is 21.3. The van der Waals surface area contributed by atoms with Crippen molar-refractivity contribution in [2.45, 2.75) is 27.0 Å². The van der Waals surface area contributed by atoms with Crippen molar-refractivity contribution in [2.75, 3.05) is 18.5 Å². The summed E-state index contributed by atoms with van der Waals surface area (Å²) in [5, 5.41) is 9.32. The van der Waals surface area contributed by atoms with Crippen molar-refractivity contribution < 1.29 is 23.4 Å². The quantitative estimate of drug-likeness (QED) is 0.224. The highest BCUT2D eigenvalue weighted by molar-refractivity contribution is 6.02. The molecule has 0 aliphatic heterocycles. The first kappa shape index (κ1) is 25.0. The van der Waals surface area contributed by atoms with Crippen molar-refractivity contribution in [3.63, 3.8) is 0 Å². The van der Waals surface area contributed by atoms with Gasteiger partial charge in [0.25, 0.3) is 5.91 Å². The maximum atomic E-state index is 12.7. The van der Waals surface area contributed by atoms with Crippen molar-refractivity contribution in [1.82, 2.24) is 9.78 Å². The number of carbonyl (C=O) groups excluding carboxylic acids is 1. The van der Waals surface area contributed by atoms with Gasteiger partial charge in [-0.15, -0.1) is 0 Å². The van der Waals surface area contributed by atoms with Crippen molar-refractivity contribution in [3.8, 4) is 17.2 Å². The second-order valence-electron chi connectivity index (χ2n) is 8.56. The Labute approximate surface area is 220 Å². The van der Waals surface area contributed by atoms with Crippen LogP contribution >= 0.6 is 0 Å². The van der Waals surface area contributed by atoms with Gasteiger partial charge in [-0.2, -0.15) is 5.10 Å². The van der Waals surface area contributed by atoms with Crippen molar-refractivity contribution in [2.24, 2.45) is 0 Å². The molecule has 0 saturated carbocycles. The second-order valence-corrected chi connectivity index (χ2v) is 8.56. The van der Waals surface area contributed by atoms with E-state index in [4.69, 9.17) is 18.6 Å². The molecule has 5 rings (SSSR count). The Bertz CT molecular complexity index is 1530. The van der Waals surface area contributed by atoms with E-state index in [2.05, 4.69) is 10.4 Å². The number of hydrogen-bond donors (Lipinski definition) is 1. The minimum atomic E-state index is -0.360. The summed E-state index contributed by atoms with van der Waals surface area (Å²) in [5.41, 5.74) is 1.57. The molecule has 0 unspecified atom stereocenters. The Morgan fingerprint density at radius 2 is 1.71 bits per heavy atom. The number of nitrogens with zero attached hydrogens (tertiary/aromatic N) is 2. The Balaban J connectivity index is 1.19. The molecular formula is C30H29N3O5. The van der Waals surface area contributed by atoms with Gasteiger partial charge in [-0.3, -0.25) is 9.48 Å². The summed E-state index contributed by atoms with van der Waals surface area (Å²) >= 11 is 0. The fourth-order valence-electron chi connectivity index (χ4n) is 4.14. The molecule has 38 heavy (non-hydrogen) atoms. The molecule has 8 nitrogen and oxygen atoms in total. The van der Waals surface area contributed by atoms with Crippen LogP contribution < -0.4 is 19.5 Å². The van der Waals surface area contributed by atoms with Gasteiger partial charge in [0, 0.05) is 11.6 Å². The number of hydrogen-bond acceptors (Lipinski definition) is 6. The van der Waals surface area contributed by atoms with E-state index in [9.17, 15) is 4.79 Å². The van der Waals surface area contributed by atoms with Gasteiger partial charge >= 0.3 is 0 Å². The molecule has 0 radical (unpaired) electrons. The van der Waals surface area contributed by atoms with Crippen LogP contribution in [-0.2, 0) is 13.2 Å². The smallest absolute Gasteiger partial charge is 0.291 e. The minimum absolute atomic E-state index is 0.196. The first-order valence-electron chi connectivity index (χ1n) is 12.5. The largest absolute Gasteiger partial charge is 0.490 e. The monoisotopic (exact) mass is 511 g/mol. The van der Waals surface area contributed by atoms with Crippen LogP contribution in [0.15, 0.2) is 89.6 Å². The number of fused-ring (bicyclic) bond motifs is 1. The van der Waals surface area contributed by atoms with E-state index in [1.807, 2.05) is 74.5 Å². The molecule has 0 bridgehead atoms. The molecule has 194 valence electrons. The number of furan rings is 1. The molecule has 1 N–H and O–H groups in total. The molecule has 8 heteroatoms. The maximum Gasteiger partial charge on any atom is 0.291 e. The molecule has 0 aliphatic carbocycles. The van der Waals surface area contributed by atoms with Crippen LogP contribution in [0.4, 0.5) is 5.69 Å². The van der Waals surface area contributed by atoms with Crippen molar-refractivity contribution >= 4 is 22.4 Å². The number of carbonyl (C=O) groups is 1. The Morgan fingerprint density at radius 3 is 2.58 bits per heavy atom. The molecule has 0 aliphatic rings. The second kappa shape index (κ2) is 11.6. The average Bonchev–Trinajstić information content (AvgIpc) is 3.59. The number of rotatable bonds is 11. The van der Waals surface area contributed by atoms with Crippen LogP contribution in [-0.4, -0.2) is 28.9 Å². The van der Waals surface area contributed by atoms with Gasteiger partial charge in [0.1, 0.15) is 18.1 Å². The summed E-state index contributed by atoms with van der Waals surface area (Å²) in [5.74, 6) is 2.57. The van der Waals surface area contributed by atoms with Crippen LogP contribution in [0.1, 0.15) is 35.7 Å². The third kappa shape index (κ3) is 5.81. The molecule has 5 aromatic rings. The molecule has 0 atom stereocenters. The first-order chi connectivity index (χ1) is 18.6.